The average molecular weight is 467 g/mol. The number of amides is 2. The maximum Gasteiger partial charge on any atom is 0.251 e. The van der Waals surface area contributed by atoms with Crippen LogP contribution in [-0.4, -0.2) is 44.3 Å². The number of benzene rings is 1. The van der Waals surface area contributed by atoms with Gasteiger partial charge in [-0.2, -0.15) is 0 Å². The van der Waals surface area contributed by atoms with Gasteiger partial charge in [-0.3, -0.25) is 9.59 Å². The summed E-state index contributed by atoms with van der Waals surface area (Å²) in [5, 5.41) is 5.81. The molecule has 1 aromatic carbocycles. The molecule has 2 heterocycles. The quantitative estimate of drug-likeness (QED) is 0.405. The van der Waals surface area contributed by atoms with Gasteiger partial charge >= 0.3 is 0 Å². The van der Waals surface area contributed by atoms with E-state index in [-0.39, 0.29) is 36.3 Å². The number of methoxy groups -OCH3 is 2. The van der Waals surface area contributed by atoms with Crippen LogP contribution in [0.15, 0.2) is 66.9 Å². The zero-order chi connectivity index (χ0) is 24.7. The molecule has 5 atom stereocenters. The van der Waals surface area contributed by atoms with Crippen molar-refractivity contribution in [2.45, 2.75) is 32.5 Å². The summed E-state index contributed by atoms with van der Waals surface area (Å²) < 4.78 is 16.7. The van der Waals surface area contributed by atoms with Crippen molar-refractivity contribution in [1.82, 2.24) is 10.6 Å². The Labute approximate surface area is 201 Å². The van der Waals surface area contributed by atoms with Crippen LogP contribution < -0.4 is 20.1 Å². The van der Waals surface area contributed by atoms with Crippen LogP contribution in [0.2, 0.25) is 0 Å². The Balaban J connectivity index is 1.60. The summed E-state index contributed by atoms with van der Waals surface area (Å²) >= 11 is 0. The second kappa shape index (κ2) is 11.2. The molecule has 2 N–H and O–H groups in total. The first-order valence-corrected chi connectivity index (χ1v) is 11.5. The minimum absolute atomic E-state index is 0.0984. The maximum absolute atomic E-state index is 12.9. The SMILES string of the molecule is C/C=C\C(C)C=C/C=C/NC(=O)C1C2C=CC(CNC(=O)c3cc(OC)cc(OC)c3)(O2)C1C. The fraction of sp³-hybridized carbons (Fsp3) is 0.407. The molecule has 7 nitrogen and oxygen atoms in total. The Morgan fingerprint density at radius 2 is 1.85 bits per heavy atom. The largest absolute Gasteiger partial charge is 0.497 e. The summed E-state index contributed by atoms with van der Waals surface area (Å²) in [5.41, 5.74) is -0.301. The lowest BCUT2D eigenvalue weighted by Gasteiger charge is -2.30. The van der Waals surface area contributed by atoms with Crippen molar-refractivity contribution in [2.75, 3.05) is 20.8 Å². The summed E-state index contributed by atoms with van der Waals surface area (Å²) in [4.78, 5) is 25.7. The molecule has 0 spiro atoms. The first kappa shape index (κ1) is 25.3. The van der Waals surface area contributed by atoms with E-state index < -0.39 is 5.60 Å². The van der Waals surface area contributed by atoms with Crippen molar-refractivity contribution >= 4 is 11.8 Å². The molecule has 0 radical (unpaired) electrons. The first-order chi connectivity index (χ1) is 16.3. The predicted octanol–water partition coefficient (Wildman–Crippen LogP) is 3.79. The van der Waals surface area contributed by atoms with Crippen molar-refractivity contribution in [3.8, 4) is 11.5 Å². The monoisotopic (exact) mass is 466 g/mol. The van der Waals surface area contributed by atoms with Gasteiger partial charge in [0.05, 0.1) is 32.8 Å². The zero-order valence-electron chi connectivity index (χ0n) is 20.4. The molecule has 0 aliphatic carbocycles. The molecule has 1 fully saturated rings. The molecule has 1 aromatic rings. The molecule has 3 rings (SSSR count). The Morgan fingerprint density at radius 3 is 2.50 bits per heavy atom. The van der Waals surface area contributed by atoms with Crippen LogP contribution >= 0.6 is 0 Å². The van der Waals surface area contributed by atoms with E-state index in [1.54, 1.807) is 24.4 Å². The molecule has 0 aromatic heterocycles. The molecule has 2 aliphatic heterocycles. The number of hydrogen-bond acceptors (Lipinski definition) is 5. The van der Waals surface area contributed by atoms with Crippen molar-refractivity contribution in [2.24, 2.45) is 17.8 Å². The van der Waals surface area contributed by atoms with Crippen molar-refractivity contribution in [3.63, 3.8) is 0 Å². The van der Waals surface area contributed by atoms with Crippen LogP contribution in [0.25, 0.3) is 0 Å². The molecule has 1 saturated heterocycles. The van der Waals surface area contributed by atoms with Gasteiger partial charge in [0.2, 0.25) is 5.91 Å². The molecule has 2 bridgehead atoms. The van der Waals surface area contributed by atoms with E-state index in [0.29, 0.717) is 23.0 Å². The number of nitrogens with one attached hydrogen (secondary N) is 2. The number of ether oxygens (including phenoxy) is 3. The van der Waals surface area contributed by atoms with Gasteiger partial charge in [0.25, 0.3) is 5.91 Å². The van der Waals surface area contributed by atoms with Gasteiger partial charge in [-0.25, -0.2) is 0 Å². The van der Waals surface area contributed by atoms with Crippen molar-refractivity contribution in [3.05, 3.63) is 72.5 Å². The summed E-state index contributed by atoms with van der Waals surface area (Å²) in [7, 11) is 3.07. The summed E-state index contributed by atoms with van der Waals surface area (Å²) in [6.45, 7) is 6.32. The van der Waals surface area contributed by atoms with Gasteiger partial charge < -0.3 is 24.8 Å². The lowest BCUT2D eigenvalue weighted by atomic mass is 9.76. The summed E-state index contributed by atoms with van der Waals surface area (Å²) in [5.74, 6) is 0.584. The third-order valence-corrected chi connectivity index (χ3v) is 6.37. The fourth-order valence-electron chi connectivity index (χ4n) is 4.42. The van der Waals surface area contributed by atoms with E-state index in [2.05, 4.69) is 23.6 Å². The van der Waals surface area contributed by atoms with Crippen molar-refractivity contribution < 1.29 is 23.8 Å². The number of carbonyl (C=O) groups is 2. The molecular weight excluding hydrogens is 432 g/mol. The van der Waals surface area contributed by atoms with Crippen LogP contribution in [0, 0.1) is 17.8 Å². The van der Waals surface area contributed by atoms with Gasteiger partial charge in [-0.15, -0.1) is 0 Å². The van der Waals surface area contributed by atoms with E-state index >= 15 is 0 Å². The highest BCUT2D eigenvalue weighted by Gasteiger charge is 2.56. The molecule has 182 valence electrons. The van der Waals surface area contributed by atoms with Crippen LogP contribution in [0.4, 0.5) is 0 Å². The second-order valence-corrected chi connectivity index (χ2v) is 8.63. The normalized spacial score (nSPS) is 26.4. The number of carbonyl (C=O) groups excluding carboxylic acids is 2. The third kappa shape index (κ3) is 5.59. The Bertz CT molecular complexity index is 990. The van der Waals surface area contributed by atoms with E-state index in [4.69, 9.17) is 14.2 Å². The van der Waals surface area contributed by atoms with E-state index in [9.17, 15) is 9.59 Å². The topological polar surface area (TPSA) is 85.9 Å². The highest BCUT2D eigenvalue weighted by Crippen LogP contribution is 2.46. The number of fused-ring (bicyclic) bond motifs is 2. The van der Waals surface area contributed by atoms with Gasteiger partial charge in [0.1, 0.15) is 17.1 Å². The Kier molecular flexibility index (Phi) is 8.34. The third-order valence-electron chi connectivity index (χ3n) is 6.37. The molecular formula is C27H34N2O5. The van der Waals surface area contributed by atoms with Gasteiger partial charge in [-0.05, 0) is 31.1 Å². The molecule has 7 heteroatoms. The predicted molar refractivity (Wildman–Crippen MR) is 132 cm³/mol. The molecule has 2 aliphatic rings. The number of allylic oxidation sites excluding steroid dienone is 5. The Morgan fingerprint density at radius 1 is 1.15 bits per heavy atom. The fourth-order valence-corrected chi connectivity index (χ4v) is 4.42. The summed E-state index contributed by atoms with van der Waals surface area (Å²) in [6, 6.07) is 5.01. The average Bonchev–Trinajstić information content (AvgIpc) is 3.38. The molecule has 5 unspecified atom stereocenters. The minimum Gasteiger partial charge on any atom is -0.497 e. The lowest BCUT2D eigenvalue weighted by molar-refractivity contribution is -0.125. The van der Waals surface area contributed by atoms with Gasteiger partial charge in [-0.1, -0.05) is 50.3 Å². The van der Waals surface area contributed by atoms with Crippen molar-refractivity contribution in [1.29, 1.82) is 0 Å². The second-order valence-electron chi connectivity index (χ2n) is 8.63. The van der Waals surface area contributed by atoms with Gasteiger partial charge in [0.15, 0.2) is 0 Å². The highest BCUT2D eigenvalue weighted by atomic mass is 16.5. The van der Waals surface area contributed by atoms with Crippen LogP contribution in [-0.2, 0) is 9.53 Å². The number of hydrogen-bond donors (Lipinski definition) is 2. The van der Waals surface area contributed by atoms with Crippen LogP contribution in [0.1, 0.15) is 31.1 Å². The standard InChI is InChI=1S/C27H34N2O5/c1-6-9-18(2)10-7-8-13-28-26(31)24-19(3)27(12-11-23(24)34-27)17-29-25(30)20-14-21(32-4)16-22(15-20)33-5/h6-16,18-19,23-24H,17H2,1-5H3,(H,28,31)(H,29,30)/b9-6-,10-7?,13-8+. The lowest BCUT2D eigenvalue weighted by Crippen LogP contribution is -2.47. The minimum atomic E-state index is -0.725. The molecule has 0 saturated carbocycles. The van der Waals surface area contributed by atoms with Crippen LogP contribution in [0.3, 0.4) is 0 Å². The maximum atomic E-state index is 12.9. The molecule has 2 amide bonds. The van der Waals surface area contributed by atoms with E-state index in [0.717, 1.165) is 0 Å². The van der Waals surface area contributed by atoms with Gasteiger partial charge in [0, 0.05) is 23.7 Å². The summed E-state index contributed by atoms with van der Waals surface area (Å²) in [6.07, 6.45) is 15.1. The smallest absolute Gasteiger partial charge is 0.251 e. The highest BCUT2D eigenvalue weighted by molar-refractivity contribution is 5.95. The van der Waals surface area contributed by atoms with Crippen LogP contribution in [0.5, 0.6) is 11.5 Å². The first-order valence-electron chi connectivity index (χ1n) is 11.5. The number of rotatable bonds is 10. The Hall–Kier alpha value is -3.32. The molecule has 34 heavy (non-hydrogen) atoms. The zero-order valence-corrected chi connectivity index (χ0v) is 20.4. The van der Waals surface area contributed by atoms with E-state index in [1.807, 2.05) is 50.3 Å². The van der Waals surface area contributed by atoms with E-state index in [1.165, 1.54) is 14.2 Å².